The van der Waals surface area contributed by atoms with Crippen LogP contribution >= 0.6 is 0 Å². The molecule has 5 heteroatoms. The third-order valence-electron chi connectivity index (χ3n) is 2.97. The molecule has 16 heavy (non-hydrogen) atoms. The Balaban J connectivity index is 2.23. The highest BCUT2D eigenvalue weighted by atomic mass is 16.1. The Labute approximate surface area is 94.2 Å². The summed E-state index contributed by atoms with van der Waals surface area (Å²) in [6, 6.07) is 3.52. The number of primary amides is 1. The third kappa shape index (κ3) is 2.14. The van der Waals surface area contributed by atoms with Gasteiger partial charge in [-0.2, -0.15) is 0 Å². The Kier molecular flexibility index (Phi) is 3.05. The Hall–Kier alpha value is -1.62. The molecular weight excluding hydrogens is 204 g/mol. The highest BCUT2D eigenvalue weighted by molar-refractivity contribution is 5.97. The van der Waals surface area contributed by atoms with Gasteiger partial charge in [-0.3, -0.25) is 4.79 Å². The fourth-order valence-electron chi connectivity index (χ4n) is 2.04. The largest absolute Gasteiger partial charge is 0.383 e. The molecule has 0 radical (unpaired) electrons. The summed E-state index contributed by atoms with van der Waals surface area (Å²) < 4.78 is 0. The molecule has 0 spiro atoms. The van der Waals surface area contributed by atoms with E-state index in [1.807, 2.05) is 6.07 Å². The molecule has 1 aliphatic rings. The standard InChI is InChI=1S/C11H16N4O/c12-10-8(11(13)16)1-2-9(15-10)7-3-5-14-6-4-7/h1-2,7,14H,3-6H2,(H2,12,15)(H2,13,16). The monoisotopic (exact) mass is 220 g/mol. The Morgan fingerprint density at radius 1 is 1.38 bits per heavy atom. The lowest BCUT2D eigenvalue weighted by Crippen LogP contribution is -2.27. The summed E-state index contributed by atoms with van der Waals surface area (Å²) in [5.74, 6) is 0.149. The van der Waals surface area contributed by atoms with E-state index in [0.29, 0.717) is 11.5 Å². The molecule has 0 atom stereocenters. The molecule has 1 aromatic rings. The zero-order valence-electron chi connectivity index (χ0n) is 9.07. The lowest BCUT2D eigenvalue weighted by molar-refractivity contribution is 0.100. The zero-order valence-corrected chi connectivity index (χ0v) is 9.07. The molecule has 0 unspecified atom stereocenters. The first-order valence-corrected chi connectivity index (χ1v) is 5.45. The number of nitrogen functional groups attached to an aromatic ring is 1. The van der Waals surface area contributed by atoms with Gasteiger partial charge in [0.25, 0.3) is 5.91 Å². The van der Waals surface area contributed by atoms with Crippen LogP contribution in [0.2, 0.25) is 0 Å². The highest BCUT2D eigenvalue weighted by Crippen LogP contribution is 2.24. The van der Waals surface area contributed by atoms with Crippen molar-refractivity contribution in [1.29, 1.82) is 0 Å². The van der Waals surface area contributed by atoms with E-state index in [9.17, 15) is 4.79 Å². The number of pyridine rings is 1. The first kappa shape index (κ1) is 10.9. The summed E-state index contributed by atoms with van der Waals surface area (Å²) in [4.78, 5) is 15.3. The molecule has 5 N–H and O–H groups in total. The van der Waals surface area contributed by atoms with Gasteiger partial charge >= 0.3 is 0 Å². The number of hydrogen-bond acceptors (Lipinski definition) is 4. The van der Waals surface area contributed by atoms with Crippen LogP contribution < -0.4 is 16.8 Å². The van der Waals surface area contributed by atoms with Crippen LogP contribution in [0.15, 0.2) is 12.1 Å². The number of nitrogens with one attached hydrogen (secondary N) is 1. The Bertz CT molecular complexity index is 399. The van der Waals surface area contributed by atoms with Gasteiger partial charge in [-0.1, -0.05) is 0 Å². The van der Waals surface area contributed by atoms with E-state index < -0.39 is 5.91 Å². The molecule has 1 aromatic heterocycles. The minimum atomic E-state index is -0.526. The summed E-state index contributed by atoms with van der Waals surface area (Å²) in [6.45, 7) is 2.01. The lowest BCUT2D eigenvalue weighted by atomic mass is 9.94. The molecular formula is C11H16N4O. The Morgan fingerprint density at radius 2 is 2.06 bits per heavy atom. The van der Waals surface area contributed by atoms with Gasteiger partial charge in [-0.05, 0) is 38.1 Å². The third-order valence-corrected chi connectivity index (χ3v) is 2.97. The first-order chi connectivity index (χ1) is 7.68. The van der Waals surface area contributed by atoms with Gasteiger partial charge in [-0.25, -0.2) is 4.98 Å². The summed E-state index contributed by atoms with van der Waals surface area (Å²) in [5.41, 5.74) is 12.1. The predicted molar refractivity (Wildman–Crippen MR) is 62.0 cm³/mol. The van der Waals surface area contributed by atoms with Gasteiger partial charge in [-0.15, -0.1) is 0 Å². The first-order valence-electron chi connectivity index (χ1n) is 5.45. The van der Waals surface area contributed by atoms with Gasteiger partial charge in [0.1, 0.15) is 5.82 Å². The van der Waals surface area contributed by atoms with Crippen molar-refractivity contribution < 1.29 is 4.79 Å². The van der Waals surface area contributed by atoms with E-state index in [2.05, 4.69) is 10.3 Å². The Morgan fingerprint density at radius 3 is 2.62 bits per heavy atom. The molecule has 2 heterocycles. The number of carbonyl (C=O) groups is 1. The van der Waals surface area contributed by atoms with Gasteiger partial charge in [0, 0.05) is 11.6 Å². The molecule has 1 fully saturated rings. The molecule has 5 nitrogen and oxygen atoms in total. The fraction of sp³-hybridized carbons (Fsp3) is 0.455. The average molecular weight is 220 g/mol. The van der Waals surface area contributed by atoms with Gasteiger partial charge in [0.2, 0.25) is 0 Å². The molecule has 1 aliphatic heterocycles. The fourth-order valence-corrected chi connectivity index (χ4v) is 2.04. The number of aromatic nitrogens is 1. The summed E-state index contributed by atoms with van der Waals surface area (Å²) in [6.07, 6.45) is 2.12. The summed E-state index contributed by atoms with van der Waals surface area (Å²) in [5, 5.41) is 3.30. The highest BCUT2D eigenvalue weighted by Gasteiger charge is 2.18. The van der Waals surface area contributed by atoms with Crippen molar-refractivity contribution in [3.8, 4) is 0 Å². The van der Waals surface area contributed by atoms with Gasteiger partial charge < -0.3 is 16.8 Å². The van der Waals surface area contributed by atoms with Crippen molar-refractivity contribution >= 4 is 11.7 Å². The number of amides is 1. The SMILES string of the molecule is NC(=O)c1ccc(C2CCNCC2)nc1N. The van der Waals surface area contributed by atoms with Crippen molar-refractivity contribution in [1.82, 2.24) is 10.3 Å². The van der Waals surface area contributed by atoms with Crippen molar-refractivity contribution in [2.45, 2.75) is 18.8 Å². The van der Waals surface area contributed by atoms with E-state index in [1.165, 1.54) is 0 Å². The van der Waals surface area contributed by atoms with Crippen LogP contribution in [-0.2, 0) is 0 Å². The average Bonchev–Trinajstić information content (AvgIpc) is 2.29. The predicted octanol–water partition coefficient (Wildman–Crippen LogP) is 0.230. The lowest BCUT2D eigenvalue weighted by Gasteiger charge is -2.22. The minimum Gasteiger partial charge on any atom is -0.383 e. The summed E-state index contributed by atoms with van der Waals surface area (Å²) >= 11 is 0. The van der Waals surface area contributed by atoms with E-state index in [0.717, 1.165) is 31.6 Å². The van der Waals surface area contributed by atoms with E-state index in [1.54, 1.807) is 6.07 Å². The smallest absolute Gasteiger partial charge is 0.252 e. The van der Waals surface area contributed by atoms with Crippen molar-refractivity contribution in [3.63, 3.8) is 0 Å². The molecule has 0 aliphatic carbocycles. The quantitative estimate of drug-likeness (QED) is 0.665. The van der Waals surface area contributed by atoms with Crippen molar-refractivity contribution in [3.05, 3.63) is 23.4 Å². The van der Waals surface area contributed by atoms with Gasteiger partial charge in [0.05, 0.1) is 5.56 Å². The molecule has 1 amide bonds. The molecule has 2 rings (SSSR count). The number of nitrogens with zero attached hydrogens (tertiary/aromatic N) is 1. The maximum absolute atomic E-state index is 11.0. The molecule has 0 saturated carbocycles. The van der Waals surface area contributed by atoms with E-state index in [-0.39, 0.29) is 5.82 Å². The van der Waals surface area contributed by atoms with Crippen LogP contribution in [0.25, 0.3) is 0 Å². The van der Waals surface area contributed by atoms with Crippen LogP contribution in [0.1, 0.15) is 34.8 Å². The minimum absolute atomic E-state index is 0.239. The van der Waals surface area contributed by atoms with Crippen molar-refractivity contribution in [2.75, 3.05) is 18.8 Å². The van der Waals surface area contributed by atoms with E-state index in [4.69, 9.17) is 11.5 Å². The van der Waals surface area contributed by atoms with Crippen molar-refractivity contribution in [2.24, 2.45) is 5.73 Å². The zero-order chi connectivity index (χ0) is 11.5. The molecule has 86 valence electrons. The van der Waals surface area contributed by atoms with Crippen LogP contribution in [0.3, 0.4) is 0 Å². The number of carbonyl (C=O) groups excluding carboxylic acids is 1. The maximum atomic E-state index is 11.0. The molecule has 0 aromatic carbocycles. The molecule has 0 bridgehead atoms. The van der Waals surface area contributed by atoms with Crippen LogP contribution in [0, 0.1) is 0 Å². The van der Waals surface area contributed by atoms with Gasteiger partial charge in [0.15, 0.2) is 0 Å². The van der Waals surface area contributed by atoms with Crippen LogP contribution in [-0.4, -0.2) is 24.0 Å². The van der Waals surface area contributed by atoms with E-state index >= 15 is 0 Å². The second-order valence-electron chi connectivity index (χ2n) is 4.06. The number of nitrogens with two attached hydrogens (primary N) is 2. The number of hydrogen-bond donors (Lipinski definition) is 3. The number of rotatable bonds is 2. The summed E-state index contributed by atoms with van der Waals surface area (Å²) in [7, 11) is 0. The van der Waals surface area contributed by atoms with Crippen LogP contribution in [0.4, 0.5) is 5.82 Å². The maximum Gasteiger partial charge on any atom is 0.252 e. The second-order valence-corrected chi connectivity index (χ2v) is 4.06. The second kappa shape index (κ2) is 4.49. The normalized spacial score (nSPS) is 17.2. The molecule has 1 saturated heterocycles. The topological polar surface area (TPSA) is 94.0 Å². The number of piperidine rings is 1. The number of anilines is 1. The van der Waals surface area contributed by atoms with Crippen LogP contribution in [0.5, 0.6) is 0 Å².